The fourth-order valence-electron chi connectivity index (χ4n) is 2.13. The van der Waals surface area contributed by atoms with Crippen LogP contribution in [0.3, 0.4) is 0 Å². The van der Waals surface area contributed by atoms with Gasteiger partial charge in [0.1, 0.15) is 0 Å². The van der Waals surface area contributed by atoms with Crippen LogP contribution in [0.5, 0.6) is 0 Å². The van der Waals surface area contributed by atoms with E-state index in [2.05, 4.69) is 20.8 Å². The number of hydrogen-bond acceptors (Lipinski definition) is 3. The fraction of sp³-hybridized carbons (Fsp3) is 0.857. The van der Waals surface area contributed by atoms with Crippen LogP contribution in [-0.4, -0.2) is 54.3 Å². The molecule has 0 aromatic heterocycles. The van der Waals surface area contributed by atoms with Gasteiger partial charge in [0, 0.05) is 45.6 Å². The van der Waals surface area contributed by atoms with E-state index in [9.17, 15) is 9.59 Å². The zero-order valence-electron chi connectivity index (χ0n) is 12.4. The lowest BCUT2D eigenvalue weighted by Gasteiger charge is -2.35. The summed E-state index contributed by atoms with van der Waals surface area (Å²) in [6.07, 6.45) is 1.90. The van der Waals surface area contributed by atoms with E-state index in [1.54, 1.807) is 4.90 Å². The van der Waals surface area contributed by atoms with E-state index in [0.29, 0.717) is 45.6 Å². The van der Waals surface area contributed by atoms with Crippen LogP contribution in [0, 0.1) is 5.41 Å². The summed E-state index contributed by atoms with van der Waals surface area (Å²) in [7, 11) is 0. The maximum Gasteiger partial charge on any atom is 0.223 e. The molecule has 0 aromatic rings. The van der Waals surface area contributed by atoms with Crippen LogP contribution in [0.2, 0.25) is 0 Å². The van der Waals surface area contributed by atoms with Gasteiger partial charge in [-0.25, -0.2) is 0 Å². The minimum Gasteiger partial charge on any atom is -0.339 e. The van der Waals surface area contributed by atoms with Crippen molar-refractivity contribution < 1.29 is 9.59 Å². The number of carbonyl (C=O) groups excluding carboxylic acids is 2. The van der Waals surface area contributed by atoms with E-state index in [4.69, 9.17) is 5.73 Å². The molecule has 1 aliphatic rings. The first-order chi connectivity index (χ1) is 8.83. The molecule has 1 rings (SSSR count). The van der Waals surface area contributed by atoms with Gasteiger partial charge in [-0.15, -0.1) is 0 Å². The third kappa shape index (κ3) is 5.59. The molecule has 19 heavy (non-hydrogen) atoms. The molecule has 2 amide bonds. The number of carbonyl (C=O) groups is 2. The summed E-state index contributed by atoms with van der Waals surface area (Å²) >= 11 is 0. The second-order valence-corrected chi connectivity index (χ2v) is 6.36. The molecule has 1 aliphatic heterocycles. The summed E-state index contributed by atoms with van der Waals surface area (Å²) in [4.78, 5) is 27.4. The molecular formula is C14H27N3O2. The highest BCUT2D eigenvalue weighted by Gasteiger charge is 2.24. The van der Waals surface area contributed by atoms with Crippen molar-refractivity contribution in [3.8, 4) is 0 Å². The Hall–Kier alpha value is -1.10. The Labute approximate surface area is 116 Å². The van der Waals surface area contributed by atoms with Crippen molar-refractivity contribution in [1.29, 1.82) is 0 Å². The molecule has 0 radical (unpaired) electrons. The molecule has 0 aromatic carbocycles. The Bertz CT molecular complexity index is 315. The first-order valence-corrected chi connectivity index (χ1v) is 7.09. The molecule has 5 nitrogen and oxygen atoms in total. The van der Waals surface area contributed by atoms with Crippen LogP contribution in [0.4, 0.5) is 0 Å². The van der Waals surface area contributed by atoms with Crippen molar-refractivity contribution in [2.75, 3.05) is 32.7 Å². The van der Waals surface area contributed by atoms with Gasteiger partial charge in [0.15, 0.2) is 0 Å². The van der Waals surface area contributed by atoms with Crippen molar-refractivity contribution in [2.24, 2.45) is 11.1 Å². The van der Waals surface area contributed by atoms with E-state index in [1.807, 2.05) is 4.90 Å². The molecule has 0 atom stereocenters. The highest BCUT2D eigenvalue weighted by Crippen LogP contribution is 2.21. The Balaban J connectivity index is 2.33. The number of hydrogen-bond donors (Lipinski definition) is 1. The number of nitrogens with two attached hydrogens (primary N) is 1. The minimum atomic E-state index is 0.101. The van der Waals surface area contributed by atoms with Crippen molar-refractivity contribution in [3.05, 3.63) is 0 Å². The van der Waals surface area contributed by atoms with Gasteiger partial charge in [-0.1, -0.05) is 20.8 Å². The second-order valence-electron chi connectivity index (χ2n) is 6.36. The van der Waals surface area contributed by atoms with E-state index in [-0.39, 0.29) is 17.2 Å². The Kier molecular flexibility index (Phi) is 5.79. The number of nitrogens with zero attached hydrogens (tertiary/aromatic N) is 2. The van der Waals surface area contributed by atoms with Crippen LogP contribution >= 0.6 is 0 Å². The van der Waals surface area contributed by atoms with Crippen LogP contribution in [0.25, 0.3) is 0 Å². The van der Waals surface area contributed by atoms with Gasteiger partial charge in [0.05, 0.1) is 0 Å². The zero-order chi connectivity index (χ0) is 14.5. The Morgan fingerprint density at radius 1 is 0.947 bits per heavy atom. The van der Waals surface area contributed by atoms with E-state index in [1.165, 1.54) is 0 Å². The predicted octanol–water partition coefficient (Wildman–Crippen LogP) is 0.832. The topological polar surface area (TPSA) is 66.6 Å². The summed E-state index contributed by atoms with van der Waals surface area (Å²) in [6.45, 7) is 9.40. The summed E-state index contributed by atoms with van der Waals surface area (Å²) in [5, 5.41) is 0. The van der Waals surface area contributed by atoms with Gasteiger partial charge in [-0.3, -0.25) is 9.59 Å². The summed E-state index contributed by atoms with van der Waals surface area (Å²) in [6, 6.07) is 0. The van der Waals surface area contributed by atoms with E-state index >= 15 is 0 Å². The van der Waals surface area contributed by atoms with Crippen LogP contribution in [0.15, 0.2) is 0 Å². The predicted molar refractivity (Wildman–Crippen MR) is 75.5 cm³/mol. The number of rotatable bonds is 4. The lowest BCUT2D eigenvalue weighted by atomic mass is 9.90. The SMILES string of the molecule is CC(C)(C)CCC(=O)N1CCN(C(=O)CCN)CC1. The molecule has 0 aliphatic carbocycles. The molecule has 2 N–H and O–H groups in total. The van der Waals surface area contributed by atoms with Crippen LogP contribution in [0.1, 0.15) is 40.0 Å². The smallest absolute Gasteiger partial charge is 0.223 e. The average molecular weight is 269 g/mol. The third-order valence-electron chi connectivity index (χ3n) is 3.43. The Morgan fingerprint density at radius 2 is 1.37 bits per heavy atom. The van der Waals surface area contributed by atoms with Gasteiger partial charge in [-0.2, -0.15) is 0 Å². The zero-order valence-corrected chi connectivity index (χ0v) is 12.4. The normalized spacial score (nSPS) is 16.6. The molecule has 1 heterocycles. The molecule has 0 spiro atoms. The number of piperazine rings is 1. The Morgan fingerprint density at radius 3 is 1.74 bits per heavy atom. The van der Waals surface area contributed by atoms with E-state index < -0.39 is 0 Å². The van der Waals surface area contributed by atoms with Crippen LogP contribution < -0.4 is 5.73 Å². The van der Waals surface area contributed by atoms with Gasteiger partial charge in [-0.05, 0) is 11.8 Å². The molecule has 1 saturated heterocycles. The molecule has 0 saturated carbocycles. The largest absolute Gasteiger partial charge is 0.339 e. The van der Waals surface area contributed by atoms with Crippen LogP contribution in [-0.2, 0) is 9.59 Å². The summed E-state index contributed by atoms with van der Waals surface area (Å²) in [5.41, 5.74) is 5.57. The van der Waals surface area contributed by atoms with Crippen molar-refractivity contribution >= 4 is 11.8 Å². The van der Waals surface area contributed by atoms with Crippen molar-refractivity contribution in [1.82, 2.24) is 9.80 Å². The maximum atomic E-state index is 12.0. The van der Waals surface area contributed by atoms with Gasteiger partial charge < -0.3 is 15.5 Å². The molecule has 1 fully saturated rings. The molecule has 0 unspecified atom stereocenters. The quantitative estimate of drug-likeness (QED) is 0.822. The first-order valence-electron chi connectivity index (χ1n) is 7.09. The summed E-state index contributed by atoms with van der Waals surface area (Å²) < 4.78 is 0. The van der Waals surface area contributed by atoms with Gasteiger partial charge in [0.2, 0.25) is 11.8 Å². The number of amides is 2. The molecule has 5 heteroatoms. The van der Waals surface area contributed by atoms with Crippen molar-refractivity contribution in [2.45, 2.75) is 40.0 Å². The van der Waals surface area contributed by atoms with E-state index in [0.717, 1.165) is 6.42 Å². The molecule has 0 bridgehead atoms. The van der Waals surface area contributed by atoms with Gasteiger partial charge in [0.25, 0.3) is 0 Å². The first kappa shape index (κ1) is 16.0. The van der Waals surface area contributed by atoms with Gasteiger partial charge >= 0.3 is 0 Å². The minimum absolute atomic E-state index is 0.101. The highest BCUT2D eigenvalue weighted by atomic mass is 16.2. The lowest BCUT2D eigenvalue weighted by molar-refractivity contribution is -0.139. The highest BCUT2D eigenvalue weighted by molar-refractivity contribution is 5.78. The second kappa shape index (κ2) is 6.89. The van der Waals surface area contributed by atoms with Crippen molar-refractivity contribution in [3.63, 3.8) is 0 Å². The lowest BCUT2D eigenvalue weighted by Crippen LogP contribution is -2.50. The molecular weight excluding hydrogens is 242 g/mol. The molecule has 110 valence electrons. The standard InChI is InChI=1S/C14H27N3O2/c1-14(2,3)6-4-12(18)16-8-10-17(11-9-16)13(19)5-7-15/h4-11,15H2,1-3H3. The fourth-order valence-corrected chi connectivity index (χ4v) is 2.13. The summed E-state index contributed by atoms with van der Waals surface area (Å²) in [5.74, 6) is 0.310. The monoisotopic (exact) mass is 269 g/mol. The third-order valence-corrected chi connectivity index (χ3v) is 3.43. The average Bonchev–Trinajstić information content (AvgIpc) is 2.35. The maximum absolute atomic E-state index is 12.0.